The van der Waals surface area contributed by atoms with E-state index in [9.17, 15) is 4.79 Å². The molecule has 0 saturated carbocycles. The Hall–Kier alpha value is -2.73. The van der Waals surface area contributed by atoms with Crippen molar-refractivity contribution < 1.29 is 19.0 Å². The van der Waals surface area contributed by atoms with Gasteiger partial charge in [0.2, 0.25) is 0 Å². The molecule has 0 amide bonds. The maximum atomic E-state index is 12.1. The predicted octanol–water partition coefficient (Wildman–Crippen LogP) is 4.72. The number of benzene rings is 2. The highest BCUT2D eigenvalue weighted by molar-refractivity contribution is 8.00. The number of thioether (sulfide) groups is 1. The highest BCUT2D eigenvalue weighted by Crippen LogP contribution is 2.41. The first-order valence-electron chi connectivity index (χ1n) is 9.08. The average molecular weight is 395 g/mol. The molecule has 4 rings (SSSR count). The standard InChI is InChI=1S/C22H21NO4S/c1-13-9-19(22(24)27-13)28-20-12-16(14-7-5-4-6-8-14)21-17(23-20)10-15(25-2)11-18(21)26-3/h4-8,10-13,19H,9H2,1-3H3. The van der Waals surface area contributed by atoms with Gasteiger partial charge in [0.25, 0.3) is 0 Å². The third-order valence-corrected chi connectivity index (χ3v) is 5.87. The first-order chi connectivity index (χ1) is 13.6. The maximum absolute atomic E-state index is 12.1. The number of hydrogen-bond donors (Lipinski definition) is 0. The van der Waals surface area contributed by atoms with Crippen molar-refractivity contribution in [3.63, 3.8) is 0 Å². The lowest BCUT2D eigenvalue weighted by Crippen LogP contribution is -2.09. The lowest BCUT2D eigenvalue weighted by atomic mass is 10.0. The number of rotatable bonds is 5. The summed E-state index contributed by atoms with van der Waals surface area (Å²) in [4.78, 5) is 16.9. The van der Waals surface area contributed by atoms with E-state index in [2.05, 4.69) is 12.1 Å². The van der Waals surface area contributed by atoms with Crippen LogP contribution in [0.15, 0.2) is 53.6 Å². The summed E-state index contributed by atoms with van der Waals surface area (Å²) in [5.41, 5.74) is 2.83. The summed E-state index contributed by atoms with van der Waals surface area (Å²) in [6.45, 7) is 1.91. The number of hydrogen-bond acceptors (Lipinski definition) is 6. The van der Waals surface area contributed by atoms with Gasteiger partial charge < -0.3 is 14.2 Å². The molecular formula is C22H21NO4S. The number of cyclic esters (lactones) is 1. The fourth-order valence-electron chi connectivity index (χ4n) is 3.43. The monoisotopic (exact) mass is 395 g/mol. The van der Waals surface area contributed by atoms with E-state index in [0.29, 0.717) is 17.9 Å². The Labute approximate surface area is 168 Å². The van der Waals surface area contributed by atoms with Gasteiger partial charge in [-0.05, 0) is 24.1 Å². The quantitative estimate of drug-likeness (QED) is 0.583. The van der Waals surface area contributed by atoms with Crippen molar-refractivity contribution in [3.8, 4) is 22.6 Å². The summed E-state index contributed by atoms with van der Waals surface area (Å²) in [7, 11) is 3.26. The van der Waals surface area contributed by atoms with Gasteiger partial charge in [-0.1, -0.05) is 42.1 Å². The summed E-state index contributed by atoms with van der Waals surface area (Å²) < 4.78 is 16.3. The van der Waals surface area contributed by atoms with Crippen LogP contribution in [0.5, 0.6) is 11.5 Å². The average Bonchev–Trinajstić information content (AvgIpc) is 3.03. The van der Waals surface area contributed by atoms with Gasteiger partial charge in [0.15, 0.2) is 0 Å². The van der Waals surface area contributed by atoms with E-state index < -0.39 is 0 Å². The van der Waals surface area contributed by atoms with Crippen LogP contribution in [0.3, 0.4) is 0 Å². The third kappa shape index (κ3) is 3.52. The van der Waals surface area contributed by atoms with Gasteiger partial charge in [-0.2, -0.15) is 0 Å². The van der Waals surface area contributed by atoms with Crippen molar-refractivity contribution in [2.75, 3.05) is 14.2 Å². The molecule has 1 aliphatic rings. The van der Waals surface area contributed by atoms with E-state index in [1.165, 1.54) is 11.8 Å². The number of aromatic nitrogens is 1. The number of esters is 1. The normalized spacial score (nSPS) is 18.9. The van der Waals surface area contributed by atoms with Crippen LogP contribution in [0.4, 0.5) is 0 Å². The van der Waals surface area contributed by atoms with Gasteiger partial charge >= 0.3 is 5.97 Å². The molecule has 0 radical (unpaired) electrons. The van der Waals surface area contributed by atoms with E-state index in [-0.39, 0.29) is 17.3 Å². The van der Waals surface area contributed by atoms with Gasteiger partial charge in [0, 0.05) is 18.6 Å². The van der Waals surface area contributed by atoms with Gasteiger partial charge in [0.1, 0.15) is 22.9 Å². The largest absolute Gasteiger partial charge is 0.497 e. The number of fused-ring (bicyclic) bond motifs is 1. The van der Waals surface area contributed by atoms with Crippen LogP contribution >= 0.6 is 11.8 Å². The zero-order valence-corrected chi connectivity index (χ0v) is 16.8. The molecule has 2 heterocycles. The molecule has 6 heteroatoms. The molecule has 1 fully saturated rings. The molecule has 0 N–H and O–H groups in total. The minimum absolute atomic E-state index is 0.0563. The smallest absolute Gasteiger partial charge is 0.319 e. The molecule has 1 saturated heterocycles. The molecule has 0 bridgehead atoms. The Balaban J connectivity index is 1.89. The van der Waals surface area contributed by atoms with Crippen LogP contribution < -0.4 is 9.47 Å². The Bertz CT molecular complexity index is 1020. The minimum Gasteiger partial charge on any atom is -0.497 e. The molecule has 5 nitrogen and oxygen atoms in total. The minimum atomic E-state index is -0.240. The number of pyridine rings is 1. The maximum Gasteiger partial charge on any atom is 0.319 e. The van der Waals surface area contributed by atoms with Crippen LogP contribution in [0.25, 0.3) is 22.0 Å². The van der Waals surface area contributed by atoms with Crippen molar-refractivity contribution in [1.82, 2.24) is 4.98 Å². The lowest BCUT2D eigenvalue weighted by Gasteiger charge is -2.15. The Morgan fingerprint density at radius 3 is 2.54 bits per heavy atom. The van der Waals surface area contributed by atoms with E-state index >= 15 is 0 Å². The van der Waals surface area contributed by atoms with Crippen molar-refractivity contribution in [2.24, 2.45) is 0 Å². The summed E-state index contributed by atoms with van der Waals surface area (Å²) in [6.07, 6.45) is 0.630. The van der Waals surface area contributed by atoms with Crippen LogP contribution in [0, 0.1) is 0 Å². The van der Waals surface area contributed by atoms with Crippen LogP contribution in [0.2, 0.25) is 0 Å². The first-order valence-corrected chi connectivity index (χ1v) is 9.96. The van der Waals surface area contributed by atoms with Gasteiger partial charge in [-0.3, -0.25) is 4.79 Å². The molecule has 2 atom stereocenters. The van der Waals surface area contributed by atoms with Gasteiger partial charge in [-0.15, -0.1) is 0 Å². The number of ether oxygens (including phenoxy) is 3. The number of nitrogens with zero attached hydrogens (tertiary/aromatic N) is 1. The number of carbonyl (C=O) groups excluding carboxylic acids is 1. The fourth-order valence-corrected chi connectivity index (χ4v) is 4.58. The second-order valence-corrected chi connectivity index (χ2v) is 7.91. The molecule has 3 aromatic rings. The molecule has 2 unspecified atom stereocenters. The highest BCUT2D eigenvalue weighted by Gasteiger charge is 2.33. The Morgan fingerprint density at radius 1 is 1.11 bits per heavy atom. The third-order valence-electron chi connectivity index (χ3n) is 4.75. The first kappa shape index (κ1) is 18.6. The van der Waals surface area contributed by atoms with Crippen LogP contribution in [-0.2, 0) is 9.53 Å². The fraction of sp³-hybridized carbons (Fsp3) is 0.273. The lowest BCUT2D eigenvalue weighted by molar-refractivity contribution is -0.140. The molecule has 1 aromatic heterocycles. The van der Waals surface area contributed by atoms with Crippen molar-refractivity contribution in [1.29, 1.82) is 0 Å². The zero-order valence-electron chi connectivity index (χ0n) is 16.0. The summed E-state index contributed by atoms with van der Waals surface area (Å²) >= 11 is 1.45. The second-order valence-electron chi connectivity index (χ2n) is 6.69. The summed E-state index contributed by atoms with van der Waals surface area (Å²) in [5, 5.41) is 1.45. The van der Waals surface area contributed by atoms with Crippen molar-refractivity contribution in [3.05, 3.63) is 48.5 Å². The predicted molar refractivity (Wildman–Crippen MR) is 110 cm³/mol. The Morgan fingerprint density at radius 2 is 1.89 bits per heavy atom. The molecule has 0 spiro atoms. The summed E-state index contributed by atoms with van der Waals surface area (Å²) in [5.74, 6) is 1.20. The summed E-state index contributed by atoms with van der Waals surface area (Å²) in [6, 6.07) is 15.9. The molecular weight excluding hydrogens is 374 g/mol. The number of methoxy groups -OCH3 is 2. The number of carbonyl (C=O) groups is 1. The molecule has 28 heavy (non-hydrogen) atoms. The topological polar surface area (TPSA) is 57.7 Å². The molecule has 2 aromatic carbocycles. The van der Waals surface area contributed by atoms with Gasteiger partial charge in [0.05, 0.1) is 30.1 Å². The Kier molecular flexibility index (Phi) is 5.13. The van der Waals surface area contributed by atoms with E-state index in [1.807, 2.05) is 43.3 Å². The van der Waals surface area contributed by atoms with Crippen molar-refractivity contribution >= 4 is 28.6 Å². The molecule has 0 aliphatic carbocycles. The highest BCUT2D eigenvalue weighted by atomic mass is 32.2. The van der Waals surface area contributed by atoms with E-state index in [1.54, 1.807) is 14.2 Å². The van der Waals surface area contributed by atoms with Crippen LogP contribution in [-0.4, -0.2) is 36.5 Å². The van der Waals surface area contributed by atoms with Crippen molar-refractivity contribution in [2.45, 2.75) is 29.7 Å². The van der Waals surface area contributed by atoms with Gasteiger partial charge in [-0.25, -0.2) is 4.98 Å². The second kappa shape index (κ2) is 7.72. The zero-order chi connectivity index (χ0) is 19.7. The SMILES string of the molecule is COc1cc(OC)c2c(-c3ccccc3)cc(SC3CC(C)OC3=O)nc2c1. The molecule has 144 valence electrons. The van der Waals surface area contributed by atoms with E-state index in [0.717, 1.165) is 27.1 Å². The molecule has 1 aliphatic heterocycles. The van der Waals surface area contributed by atoms with E-state index in [4.69, 9.17) is 19.2 Å². The van der Waals surface area contributed by atoms with Crippen LogP contribution in [0.1, 0.15) is 13.3 Å².